The molecule has 1 aliphatic rings. The molecule has 0 bridgehead atoms. The van der Waals surface area contributed by atoms with Crippen LogP contribution in [0.25, 0.3) is 11.0 Å². The number of rotatable bonds is 4. The van der Waals surface area contributed by atoms with Gasteiger partial charge in [-0.1, -0.05) is 0 Å². The van der Waals surface area contributed by atoms with Crippen LogP contribution in [0.1, 0.15) is 32.2 Å². The molecule has 102 valence electrons. The Hall–Kier alpha value is -1.46. The third-order valence-electron chi connectivity index (χ3n) is 3.51. The van der Waals surface area contributed by atoms with E-state index in [1.807, 2.05) is 18.5 Å². The van der Waals surface area contributed by atoms with Crippen molar-refractivity contribution in [2.24, 2.45) is 0 Å². The van der Waals surface area contributed by atoms with Gasteiger partial charge < -0.3 is 14.0 Å². The van der Waals surface area contributed by atoms with E-state index in [9.17, 15) is 0 Å². The summed E-state index contributed by atoms with van der Waals surface area (Å²) >= 11 is 0. The number of fused-ring (bicyclic) bond motifs is 1. The van der Waals surface area contributed by atoms with Gasteiger partial charge in [-0.05, 0) is 32.3 Å². The van der Waals surface area contributed by atoms with E-state index in [1.165, 1.54) is 6.42 Å². The molecule has 5 heteroatoms. The van der Waals surface area contributed by atoms with Crippen molar-refractivity contribution >= 4 is 11.0 Å². The van der Waals surface area contributed by atoms with Crippen molar-refractivity contribution < 1.29 is 9.47 Å². The predicted octanol–water partition coefficient (Wildman–Crippen LogP) is 2.54. The van der Waals surface area contributed by atoms with Gasteiger partial charge in [-0.2, -0.15) is 0 Å². The minimum Gasteiger partial charge on any atom is -0.353 e. The summed E-state index contributed by atoms with van der Waals surface area (Å²) in [7, 11) is 0. The molecule has 2 aromatic heterocycles. The second-order valence-corrected chi connectivity index (χ2v) is 5.00. The van der Waals surface area contributed by atoms with Gasteiger partial charge in [0.25, 0.3) is 0 Å². The SMILES string of the molecule is C[C@H](CO[C@@H]1CCCCO1)n1ccc2cncnc21. The van der Waals surface area contributed by atoms with Gasteiger partial charge in [0.15, 0.2) is 6.29 Å². The highest BCUT2D eigenvalue weighted by molar-refractivity contribution is 5.74. The highest BCUT2D eigenvalue weighted by Crippen LogP contribution is 2.19. The monoisotopic (exact) mass is 261 g/mol. The van der Waals surface area contributed by atoms with Crippen molar-refractivity contribution in [1.29, 1.82) is 0 Å². The second kappa shape index (κ2) is 5.67. The van der Waals surface area contributed by atoms with Crippen molar-refractivity contribution in [3.63, 3.8) is 0 Å². The van der Waals surface area contributed by atoms with Crippen LogP contribution in [0.5, 0.6) is 0 Å². The van der Waals surface area contributed by atoms with Gasteiger partial charge in [0.1, 0.15) is 12.0 Å². The van der Waals surface area contributed by atoms with Gasteiger partial charge in [0, 0.05) is 24.4 Å². The van der Waals surface area contributed by atoms with E-state index >= 15 is 0 Å². The summed E-state index contributed by atoms with van der Waals surface area (Å²) < 4.78 is 13.5. The van der Waals surface area contributed by atoms with Crippen molar-refractivity contribution in [2.75, 3.05) is 13.2 Å². The van der Waals surface area contributed by atoms with Crippen LogP contribution in [0.4, 0.5) is 0 Å². The first-order chi connectivity index (χ1) is 9.34. The molecule has 1 aliphatic heterocycles. The summed E-state index contributed by atoms with van der Waals surface area (Å²) in [5, 5.41) is 1.06. The lowest BCUT2D eigenvalue weighted by molar-refractivity contribution is -0.166. The predicted molar refractivity (Wildman–Crippen MR) is 71.8 cm³/mol. The summed E-state index contributed by atoms with van der Waals surface area (Å²) in [5.41, 5.74) is 0.954. The highest BCUT2D eigenvalue weighted by atomic mass is 16.7. The Kier molecular flexibility index (Phi) is 3.75. The minimum atomic E-state index is -0.0346. The number of hydrogen-bond donors (Lipinski definition) is 0. The quantitative estimate of drug-likeness (QED) is 0.848. The molecule has 2 aromatic rings. The molecule has 0 radical (unpaired) electrons. The summed E-state index contributed by atoms with van der Waals surface area (Å²) in [6.45, 7) is 3.58. The van der Waals surface area contributed by atoms with E-state index in [-0.39, 0.29) is 12.3 Å². The lowest BCUT2D eigenvalue weighted by Crippen LogP contribution is -2.25. The summed E-state index contributed by atoms with van der Waals surface area (Å²) in [6.07, 6.45) is 8.75. The first-order valence-corrected chi connectivity index (χ1v) is 6.84. The Balaban J connectivity index is 1.64. The maximum Gasteiger partial charge on any atom is 0.157 e. The molecular formula is C14H19N3O2. The lowest BCUT2D eigenvalue weighted by Gasteiger charge is -2.24. The second-order valence-electron chi connectivity index (χ2n) is 5.00. The topological polar surface area (TPSA) is 49.2 Å². The molecule has 0 unspecified atom stereocenters. The average Bonchev–Trinajstić information content (AvgIpc) is 2.90. The molecule has 0 N–H and O–H groups in total. The van der Waals surface area contributed by atoms with Gasteiger partial charge >= 0.3 is 0 Å². The van der Waals surface area contributed by atoms with Gasteiger partial charge in [-0.3, -0.25) is 0 Å². The smallest absolute Gasteiger partial charge is 0.157 e. The number of nitrogens with zero attached hydrogens (tertiary/aromatic N) is 3. The molecule has 0 amide bonds. The molecule has 5 nitrogen and oxygen atoms in total. The molecule has 0 saturated carbocycles. The van der Waals surface area contributed by atoms with E-state index < -0.39 is 0 Å². The Labute approximate surface area is 112 Å². The lowest BCUT2D eigenvalue weighted by atomic mass is 10.2. The summed E-state index contributed by atoms with van der Waals surface area (Å²) in [4.78, 5) is 8.35. The largest absolute Gasteiger partial charge is 0.353 e. The van der Waals surface area contributed by atoms with E-state index in [1.54, 1.807) is 6.33 Å². The van der Waals surface area contributed by atoms with Crippen LogP contribution in [0.3, 0.4) is 0 Å². The molecule has 0 aliphatic carbocycles. The number of aromatic nitrogens is 3. The average molecular weight is 261 g/mol. The summed E-state index contributed by atoms with van der Waals surface area (Å²) in [5.74, 6) is 0. The fraction of sp³-hybridized carbons (Fsp3) is 0.571. The fourth-order valence-electron chi connectivity index (χ4n) is 2.42. The molecule has 1 saturated heterocycles. The maximum absolute atomic E-state index is 5.83. The van der Waals surface area contributed by atoms with Gasteiger partial charge in [0.2, 0.25) is 0 Å². The Morgan fingerprint density at radius 1 is 1.53 bits per heavy atom. The van der Waals surface area contributed by atoms with Gasteiger partial charge in [-0.25, -0.2) is 9.97 Å². The normalized spacial score (nSPS) is 21.6. The zero-order valence-electron chi connectivity index (χ0n) is 11.2. The first-order valence-electron chi connectivity index (χ1n) is 6.84. The van der Waals surface area contributed by atoms with Crippen LogP contribution in [0.15, 0.2) is 24.8 Å². The van der Waals surface area contributed by atoms with E-state index in [2.05, 4.69) is 21.5 Å². The number of ether oxygens (including phenoxy) is 2. The van der Waals surface area contributed by atoms with E-state index in [0.717, 1.165) is 30.5 Å². The van der Waals surface area contributed by atoms with Crippen molar-refractivity contribution in [3.05, 3.63) is 24.8 Å². The van der Waals surface area contributed by atoms with Gasteiger partial charge in [0.05, 0.1) is 12.6 Å². The summed E-state index contributed by atoms with van der Waals surface area (Å²) in [6, 6.07) is 2.26. The Morgan fingerprint density at radius 3 is 3.32 bits per heavy atom. The molecule has 19 heavy (non-hydrogen) atoms. The zero-order valence-corrected chi connectivity index (χ0v) is 11.2. The van der Waals surface area contributed by atoms with Gasteiger partial charge in [-0.15, -0.1) is 0 Å². The van der Waals surface area contributed by atoms with Crippen LogP contribution in [-0.2, 0) is 9.47 Å². The molecule has 0 spiro atoms. The van der Waals surface area contributed by atoms with Crippen LogP contribution in [0, 0.1) is 0 Å². The van der Waals surface area contributed by atoms with Crippen LogP contribution in [0.2, 0.25) is 0 Å². The van der Waals surface area contributed by atoms with Crippen molar-refractivity contribution in [1.82, 2.24) is 14.5 Å². The molecule has 3 heterocycles. The Morgan fingerprint density at radius 2 is 2.47 bits per heavy atom. The van der Waals surface area contributed by atoms with E-state index in [0.29, 0.717) is 6.61 Å². The Bertz CT molecular complexity index is 534. The standard InChI is InChI=1S/C14H19N3O2/c1-11(9-19-13-4-2-3-7-18-13)17-6-5-12-8-15-10-16-14(12)17/h5-6,8,10-11,13H,2-4,7,9H2,1H3/t11-,13-/m1/s1. The van der Waals surface area contributed by atoms with Crippen molar-refractivity contribution in [2.45, 2.75) is 38.5 Å². The molecule has 1 fully saturated rings. The molecule has 3 rings (SSSR count). The fourth-order valence-corrected chi connectivity index (χ4v) is 2.42. The third kappa shape index (κ3) is 2.77. The maximum atomic E-state index is 5.83. The third-order valence-corrected chi connectivity index (χ3v) is 3.51. The van der Waals surface area contributed by atoms with Crippen LogP contribution in [-0.4, -0.2) is 34.0 Å². The highest BCUT2D eigenvalue weighted by Gasteiger charge is 2.16. The molecular weight excluding hydrogens is 242 g/mol. The minimum absolute atomic E-state index is 0.0346. The van der Waals surface area contributed by atoms with E-state index in [4.69, 9.17) is 9.47 Å². The molecule has 2 atom stereocenters. The first kappa shape index (κ1) is 12.6. The van der Waals surface area contributed by atoms with Crippen LogP contribution >= 0.6 is 0 Å². The molecule has 0 aromatic carbocycles. The zero-order chi connectivity index (χ0) is 13.1. The van der Waals surface area contributed by atoms with Crippen LogP contribution < -0.4 is 0 Å². The number of hydrogen-bond acceptors (Lipinski definition) is 4. The van der Waals surface area contributed by atoms with Crippen molar-refractivity contribution in [3.8, 4) is 0 Å².